The third-order valence-electron chi connectivity index (χ3n) is 4.88. The molecule has 1 aliphatic rings. The zero-order valence-corrected chi connectivity index (χ0v) is 14.1. The van der Waals surface area contributed by atoms with Gasteiger partial charge in [-0.1, -0.05) is 18.2 Å². The van der Waals surface area contributed by atoms with Gasteiger partial charge in [0.25, 0.3) is 0 Å². The van der Waals surface area contributed by atoms with Crippen LogP contribution in [0.2, 0.25) is 0 Å². The summed E-state index contributed by atoms with van der Waals surface area (Å²) in [4.78, 5) is 12.7. The molecule has 0 heterocycles. The molecule has 1 N–H and O–H groups in total. The van der Waals surface area contributed by atoms with Gasteiger partial charge in [-0.05, 0) is 66.8 Å². The average molecular weight is 345 g/mol. The molecule has 2 atom stereocenters. The van der Waals surface area contributed by atoms with Crippen molar-refractivity contribution in [3.05, 3.63) is 70.8 Å². The van der Waals surface area contributed by atoms with Gasteiger partial charge in [-0.3, -0.25) is 9.69 Å². The summed E-state index contributed by atoms with van der Waals surface area (Å²) in [7, 11) is 1.79. The number of aliphatic carboxylic acids is 1. The monoisotopic (exact) mass is 345 g/mol. The maximum atomic E-state index is 13.6. The zero-order valence-electron chi connectivity index (χ0n) is 14.1. The van der Waals surface area contributed by atoms with Crippen molar-refractivity contribution >= 4 is 5.97 Å². The predicted molar refractivity (Wildman–Crippen MR) is 91.6 cm³/mol. The van der Waals surface area contributed by atoms with E-state index in [9.17, 15) is 13.6 Å². The molecule has 0 aromatic heterocycles. The van der Waals surface area contributed by atoms with E-state index in [1.807, 2.05) is 6.07 Å². The van der Waals surface area contributed by atoms with Crippen molar-refractivity contribution in [2.24, 2.45) is 5.92 Å². The number of hydrogen-bond donors (Lipinski definition) is 1. The van der Waals surface area contributed by atoms with E-state index < -0.39 is 5.97 Å². The number of nitrogens with zero attached hydrogens (tertiary/aromatic N) is 1. The molecule has 0 radical (unpaired) electrons. The number of halogens is 2. The van der Waals surface area contributed by atoms with Crippen LogP contribution in [-0.4, -0.2) is 36.1 Å². The van der Waals surface area contributed by atoms with Crippen molar-refractivity contribution in [1.29, 1.82) is 0 Å². The number of benzene rings is 2. The molecular weight excluding hydrogens is 324 g/mol. The molecule has 3 rings (SSSR count). The molecule has 0 aliphatic heterocycles. The molecule has 5 heteroatoms. The molecule has 0 bridgehead atoms. The Labute approximate surface area is 145 Å². The summed E-state index contributed by atoms with van der Waals surface area (Å²) in [6.45, 7) is 0.591. The van der Waals surface area contributed by atoms with Crippen molar-refractivity contribution in [2.45, 2.75) is 18.8 Å². The summed E-state index contributed by atoms with van der Waals surface area (Å²) in [6, 6.07) is 11.2. The SMILES string of the molecule is CN(CC(=O)O)C[C@H]1CCc2cc(F)ccc2[C@H]1c1ccc(F)cc1. The molecule has 132 valence electrons. The van der Waals surface area contributed by atoms with Crippen LogP contribution in [0.4, 0.5) is 8.78 Å². The van der Waals surface area contributed by atoms with E-state index in [1.165, 1.54) is 18.2 Å². The fraction of sp³-hybridized carbons (Fsp3) is 0.350. The lowest BCUT2D eigenvalue weighted by atomic mass is 9.71. The number of rotatable bonds is 5. The minimum absolute atomic E-state index is 0.00111. The van der Waals surface area contributed by atoms with Crippen molar-refractivity contribution in [3.8, 4) is 0 Å². The van der Waals surface area contributed by atoms with E-state index >= 15 is 0 Å². The normalized spacial score (nSPS) is 19.7. The molecule has 2 aromatic carbocycles. The van der Waals surface area contributed by atoms with E-state index in [1.54, 1.807) is 30.1 Å². The Balaban J connectivity index is 1.95. The van der Waals surface area contributed by atoms with Gasteiger partial charge < -0.3 is 5.11 Å². The molecule has 0 saturated carbocycles. The maximum Gasteiger partial charge on any atom is 0.317 e. The van der Waals surface area contributed by atoms with E-state index in [4.69, 9.17) is 5.11 Å². The number of carboxylic acid groups (broad SMARTS) is 1. The summed E-state index contributed by atoms with van der Waals surface area (Å²) in [5, 5.41) is 8.99. The summed E-state index contributed by atoms with van der Waals surface area (Å²) in [6.07, 6.45) is 1.60. The van der Waals surface area contributed by atoms with E-state index in [-0.39, 0.29) is 30.0 Å². The van der Waals surface area contributed by atoms with Crippen LogP contribution in [0, 0.1) is 17.6 Å². The lowest BCUT2D eigenvalue weighted by Gasteiger charge is -2.36. The molecule has 0 saturated heterocycles. The van der Waals surface area contributed by atoms with Crippen LogP contribution in [0.5, 0.6) is 0 Å². The van der Waals surface area contributed by atoms with Gasteiger partial charge in [0.2, 0.25) is 0 Å². The lowest BCUT2D eigenvalue weighted by molar-refractivity contribution is -0.138. The van der Waals surface area contributed by atoms with Crippen LogP contribution in [0.25, 0.3) is 0 Å². The number of aryl methyl sites for hydroxylation is 1. The summed E-state index contributed by atoms with van der Waals surface area (Å²) in [5.41, 5.74) is 3.00. The van der Waals surface area contributed by atoms with Gasteiger partial charge in [-0.15, -0.1) is 0 Å². The molecule has 0 unspecified atom stereocenters. The topological polar surface area (TPSA) is 40.5 Å². The maximum absolute atomic E-state index is 13.6. The van der Waals surface area contributed by atoms with Crippen LogP contribution in [0.3, 0.4) is 0 Å². The van der Waals surface area contributed by atoms with Crippen molar-refractivity contribution in [3.63, 3.8) is 0 Å². The Hall–Kier alpha value is -2.27. The van der Waals surface area contributed by atoms with Gasteiger partial charge >= 0.3 is 5.97 Å². The number of fused-ring (bicyclic) bond motifs is 1. The highest BCUT2D eigenvalue weighted by molar-refractivity contribution is 5.69. The first-order valence-electron chi connectivity index (χ1n) is 8.38. The van der Waals surface area contributed by atoms with Crippen molar-refractivity contribution in [1.82, 2.24) is 4.90 Å². The Morgan fingerprint density at radius 3 is 2.52 bits per heavy atom. The molecule has 0 amide bonds. The van der Waals surface area contributed by atoms with Crippen LogP contribution < -0.4 is 0 Å². The quantitative estimate of drug-likeness (QED) is 0.899. The Morgan fingerprint density at radius 2 is 1.84 bits per heavy atom. The zero-order chi connectivity index (χ0) is 18.0. The van der Waals surface area contributed by atoms with E-state index in [2.05, 4.69) is 0 Å². The minimum atomic E-state index is -0.862. The van der Waals surface area contributed by atoms with Crippen LogP contribution in [0.15, 0.2) is 42.5 Å². The molecule has 0 fully saturated rings. The molecule has 1 aliphatic carbocycles. The lowest BCUT2D eigenvalue weighted by Crippen LogP contribution is -2.35. The van der Waals surface area contributed by atoms with Crippen LogP contribution in [-0.2, 0) is 11.2 Å². The van der Waals surface area contributed by atoms with Gasteiger partial charge in [0, 0.05) is 12.5 Å². The smallest absolute Gasteiger partial charge is 0.317 e. The first-order valence-corrected chi connectivity index (χ1v) is 8.38. The summed E-state index contributed by atoms with van der Waals surface area (Å²) in [5.74, 6) is -1.22. The molecule has 0 spiro atoms. The van der Waals surface area contributed by atoms with Crippen molar-refractivity contribution in [2.75, 3.05) is 20.1 Å². The van der Waals surface area contributed by atoms with E-state index in [0.29, 0.717) is 6.54 Å². The van der Waals surface area contributed by atoms with Crippen LogP contribution >= 0.6 is 0 Å². The van der Waals surface area contributed by atoms with Gasteiger partial charge in [-0.2, -0.15) is 0 Å². The van der Waals surface area contributed by atoms with Crippen LogP contribution in [0.1, 0.15) is 29.0 Å². The molecular formula is C20H21F2NO2. The second kappa shape index (κ2) is 7.31. The number of carbonyl (C=O) groups is 1. The highest BCUT2D eigenvalue weighted by Gasteiger charge is 2.32. The predicted octanol–water partition coefficient (Wildman–Crippen LogP) is 3.68. The van der Waals surface area contributed by atoms with E-state index in [0.717, 1.165) is 29.5 Å². The first kappa shape index (κ1) is 17.5. The Morgan fingerprint density at radius 1 is 1.16 bits per heavy atom. The number of hydrogen-bond acceptors (Lipinski definition) is 2. The highest BCUT2D eigenvalue weighted by atomic mass is 19.1. The Kier molecular flexibility index (Phi) is 5.13. The Bertz CT molecular complexity index is 761. The second-order valence-corrected chi connectivity index (χ2v) is 6.76. The minimum Gasteiger partial charge on any atom is -0.480 e. The largest absolute Gasteiger partial charge is 0.480 e. The van der Waals surface area contributed by atoms with Crippen molar-refractivity contribution < 1.29 is 18.7 Å². The third-order valence-corrected chi connectivity index (χ3v) is 4.88. The van der Waals surface area contributed by atoms with Gasteiger partial charge in [-0.25, -0.2) is 8.78 Å². The fourth-order valence-corrected chi connectivity index (χ4v) is 3.87. The fourth-order valence-electron chi connectivity index (χ4n) is 3.87. The molecule has 25 heavy (non-hydrogen) atoms. The number of likely N-dealkylation sites (N-methyl/N-ethyl adjacent to an activating group) is 1. The standard InChI is InChI=1S/C20H21F2NO2/c1-23(12-19(24)25)11-15-3-2-14-10-17(22)8-9-18(14)20(15)13-4-6-16(21)7-5-13/h4-10,15,20H,2-3,11-12H2,1H3,(H,24,25)/t15-,20+/m1/s1. The molecule has 2 aromatic rings. The average Bonchev–Trinajstić information content (AvgIpc) is 2.55. The second-order valence-electron chi connectivity index (χ2n) is 6.76. The molecule has 3 nitrogen and oxygen atoms in total. The highest BCUT2D eigenvalue weighted by Crippen LogP contribution is 2.41. The number of carboxylic acids is 1. The third kappa shape index (κ3) is 4.04. The summed E-state index contributed by atoms with van der Waals surface area (Å²) < 4.78 is 26.9. The van der Waals surface area contributed by atoms with Gasteiger partial charge in [0.05, 0.1) is 6.54 Å². The first-order chi connectivity index (χ1) is 11.9. The van der Waals surface area contributed by atoms with Gasteiger partial charge in [0.1, 0.15) is 11.6 Å². The summed E-state index contributed by atoms with van der Waals surface area (Å²) >= 11 is 0. The van der Waals surface area contributed by atoms with Gasteiger partial charge in [0.15, 0.2) is 0 Å².